The van der Waals surface area contributed by atoms with Crippen LogP contribution in [0.15, 0.2) is 12.3 Å². The van der Waals surface area contributed by atoms with Crippen LogP contribution in [0.5, 0.6) is 11.5 Å². The number of esters is 1. The molecule has 0 aliphatic heterocycles. The van der Waals surface area contributed by atoms with Crippen molar-refractivity contribution < 1.29 is 19.0 Å². The van der Waals surface area contributed by atoms with Gasteiger partial charge in [-0.15, -0.1) is 0 Å². The van der Waals surface area contributed by atoms with Crippen molar-refractivity contribution in [2.24, 2.45) is 0 Å². The number of ether oxygens (including phenoxy) is 3. The van der Waals surface area contributed by atoms with Crippen LogP contribution in [0.1, 0.15) is 17.4 Å². The molecule has 0 aliphatic rings. The Morgan fingerprint density at radius 1 is 1.40 bits per heavy atom. The maximum Gasteiger partial charge on any atom is 0.356 e. The number of carbonyl (C=O) groups excluding carboxylic acids is 1. The number of methoxy groups -OCH3 is 2. The standard InChI is InChI=1S/C10H13NO4/c1-4-15-9-6-11-7(10(12)14-3)5-8(9)13-2/h5-6H,4H2,1-3H3. The number of carbonyl (C=O) groups is 1. The average molecular weight is 211 g/mol. The molecule has 0 atom stereocenters. The lowest BCUT2D eigenvalue weighted by Crippen LogP contribution is -2.05. The van der Waals surface area contributed by atoms with E-state index >= 15 is 0 Å². The zero-order chi connectivity index (χ0) is 11.3. The van der Waals surface area contributed by atoms with Crippen LogP contribution in [0.2, 0.25) is 0 Å². The predicted molar refractivity (Wildman–Crippen MR) is 53.3 cm³/mol. The molecule has 0 saturated heterocycles. The summed E-state index contributed by atoms with van der Waals surface area (Å²) in [6.07, 6.45) is 1.44. The van der Waals surface area contributed by atoms with Gasteiger partial charge >= 0.3 is 5.97 Å². The third-order valence-corrected chi connectivity index (χ3v) is 1.75. The zero-order valence-electron chi connectivity index (χ0n) is 8.94. The quantitative estimate of drug-likeness (QED) is 0.702. The SMILES string of the molecule is CCOc1cnc(C(=O)OC)cc1OC. The summed E-state index contributed by atoms with van der Waals surface area (Å²) in [5, 5.41) is 0. The molecule has 0 N–H and O–H groups in total. The first kappa shape index (κ1) is 11.3. The van der Waals surface area contributed by atoms with E-state index in [1.807, 2.05) is 6.92 Å². The fraction of sp³-hybridized carbons (Fsp3) is 0.400. The van der Waals surface area contributed by atoms with E-state index in [9.17, 15) is 4.79 Å². The van der Waals surface area contributed by atoms with E-state index in [1.54, 1.807) is 0 Å². The van der Waals surface area contributed by atoms with Gasteiger partial charge < -0.3 is 14.2 Å². The molecule has 0 amide bonds. The molecule has 0 aromatic carbocycles. The Balaban J connectivity index is 3.01. The molecule has 0 spiro atoms. The van der Waals surface area contributed by atoms with Crippen LogP contribution in [-0.4, -0.2) is 31.8 Å². The number of hydrogen-bond acceptors (Lipinski definition) is 5. The molecule has 1 aromatic heterocycles. The molecule has 1 rings (SSSR count). The van der Waals surface area contributed by atoms with Crippen LogP contribution in [0, 0.1) is 0 Å². The van der Waals surface area contributed by atoms with E-state index in [0.29, 0.717) is 18.1 Å². The normalized spacial score (nSPS) is 9.53. The summed E-state index contributed by atoms with van der Waals surface area (Å²) in [5.41, 5.74) is 0.192. The first-order valence-electron chi connectivity index (χ1n) is 4.48. The first-order valence-corrected chi connectivity index (χ1v) is 4.48. The smallest absolute Gasteiger partial charge is 0.356 e. The van der Waals surface area contributed by atoms with Gasteiger partial charge in [-0.25, -0.2) is 9.78 Å². The van der Waals surface area contributed by atoms with Crippen molar-refractivity contribution in [3.8, 4) is 11.5 Å². The van der Waals surface area contributed by atoms with E-state index in [4.69, 9.17) is 9.47 Å². The molecule has 1 aromatic rings. The summed E-state index contributed by atoms with van der Waals surface area (Å²) in [6, 6.07) is 1.48. The highest BCUT2D eigenvalue weighted by Gasteiger charge is 2.12. The van der Waals surface area contributed by atoms with E-state index < -0.39 is 5.97 Å². The first-order chi connectivity index (χ1) is 7.22. The molecule has 5 nitrogen and oxygen atoms in total. The fourth-order valence-corrected chi connectivity index (χ4v) is 1.06. The van der Waals surface area contributed by atoms with E-state index in [0.717, 1.165) is 0 Å². The highest BCUT2D eigenvalue weighted by atomic mass is 16.5. The van der Waals surface area contributed by atoms with Gasteiger partial charge in [0.15, 0.2) is 17.2 Å². The third kappa shape index (κ3) is 2.59. The fourth-order valence-electron chi connectivity index (χ4n) is 1.06. The van der Waals surface area contributed by atoms with Gasteiger partial charge in [0.2, 0.25) is 0 Å². The second-order valence-electron chi connectivity index (χ2n) is 2.64. The number of pyridine rings is 1. The third-order valence-electron chi connectivity index (χ3n) is 1.75. The van der Waals surface area contributed by atoms with Crippen molar-refractivity contribution in [3.05, 3.63) is 18.0 Å². The molecule has 1 heterocycles. The van der Waals surface area contributed by atoms with Gasteiger partial charge in [0.05, 0.1) is 27.0 Å². The minimum Gasteiger partial charge on any atom is -0.493 e. The van der Waals surface area contributed by atoms with Crippen LogP contribution in [-0.2, 0) is 4.74 Å². The van der Waals surface area contributed by atoms with Crippen LogP contribution in [0.4, 0.5) is 0 Å². The average Bonchev–Trinajstić information content (AvgIpc) is 2.29. The molecule has 0 saturated carbocycles. The monoisotopic (exact) mass is 211 g/mol. The molecular formula is C10H13NO4. The van der Waals surface area contributed by atoms with E-state index in [-0.39, 0.29) is 5.69 Å². The Hall–Kier alpha value is -1.78. The number of rotatable bonds is 4. The van der Waals surface area contributed by atoms with Gasteiger partial charge in [0.25, 0.3) is 0 Å². The molecule has 0 bridgehead atoms. The highest BCUT2D eigenvalue weighted by Crippen LogP contribution is 2.26. The molecular weight excluding hydrogens is 198 g/mol. The van der Waals surface area contributed by atoms with Crippen molar-refractivity contribution in [2.45, 2.75) is 6.92 Å². The van der Waals surface area contributed by atoms with Gasteiger partial charge in [-0.2, -0.15) is 0 Å². The van der Waals surface area contributed by atoms with Crippen molar-refractivity contribution in [2.75, 3.05) is 20.8 Å². The number of hydrogen-bond donors (Lipinski definition) is 0. The highest BCUT2D eigenvalue weighted by molar-refractivity contribution is 5.87. The molecule has 0 radical (unpaired) electrons. The summed E-state index contributed by atoms with van der Waals surface area (Å²) < 4.78 is 14.9. The largest absolute Gasteiger partial charge is 0.493 e. The molecule has 0 aliphatic carbocycles. The summed E-state index contributed by atoms with van der Waals surface area (Å²) >= 11 is 0. The Kier molecular flexibility index (Phi) is 3.91. The van der Waals surface area contributed by atoms with Crippen molar-refractivity contribution >= 4 is 5.97 Å². The van der Waals surface area contributed by atoms with Gasteiger partial charge in [-0.3, -0.25) is 0 Å². The van der Waals surface area contributed by atoms with Crippen molar-refractivity contribution in [1.29, 1.82) is 0 Å². The summed E-state index contributed by atoms with van der Waals surface area (Å²) in [7, 11) is 2.80. The number of nitrogens with zero attached hydrogens (tertiary/aromatic N) is 1. The maximum absolute atomic E-state index is 11.2. The van der Waals surface area contributed by atoms with Crippen molar-refractivity contribution in [1.82, 2.24) is 4.98 Å². The van der Waals surface area contributed by atoms with Gasteiger partial charge in [-0.1, -0.05) is 0 Å². The van der Waals surface area contributed by atoms with Gasteiger partial charge in [0, 0.05) is 6.07 Å². The zero-order valence-corrected chi connectivity index (χ0v) is 8.94. The van der Waals surface area contributed by atoms with Crippen LogP contribution >= 0.6 is 0 Å². The Labute approximate surface area is 88.0 Å². The maximum atomic E-state index is 11.2. The topological polar surface area (TPSA) is 57.7 Å². The van der Waals surface area contributed by atoms with E-state index in [2.05, 4.69) is 9.72 Å². The van der Waals surface area contributed by atoms with Crippen LogP contribution in [0.25, 0.3) is 0 Å². The summed E-state index contributed by atoms with van der Waals surface area (Å²) in [5.74, 6) is 0.469. The second kappa shape index (κ2) is 5.19. The second-order valence-corrected chi connectivity index (χ2v) is 2.64. The summed E-state index contributed by atoms with van der Waals surface area (Å²) in [6.45, 7) is 2.36. The van der Waals surface area contributed by atoms with Gasteiger partial charge in [0.1, 0.15) is 0 Å². The number of aromatic nitrogens is 1. The van der Waals surface area contributed by atoms with Crippen molar-refractivity contribution in [3.63, 3.8) is 0 Å². The van der Waals surface area contributed by atoms with Crippen LogP contribution < -0.4 is 9.47 Å². The van der Waals surface area contributed by atoms with Crippen LogP contribution in [0.3, 0.4) is 0 Å². The van der Waals surface area contributed by atoms with E-state index in [1.165, 1.54) is 26.5 Å². The lowest BCUT2D eigenvalue weighted by molar-refractivity contribution is 0.0593. The summed E-state index contributed by atoms with van der Waals surface area (Å²) in [4.78, 5) is 15.1. The molecule has 0 fully saturated rings. The molecule has 15 heavy (non-hydrogen) atoms. The predicted octanol–water partition coefficient (Wildman–Crippen LogP) is 1.28. The molecule has 5 heteroatoms. The Bertz CT molecular complexity index is 351. The van der Waals surface area contributed by atoms with Gasteiger partial charge in [-0.05, 0) is 6.92 Å². The Morgan fingerprint density at radius 3 is 2.67 bits per heavy atom. The lowest BCUT2D eigenvalue weighted by Gasteiger charge is -2.09. The minimum absolute atomic E-state index is 0.192. The Morgan fingerprint density at radius 2 is 2.13 bits per heavy atom. The lowest BCUT2D eigenvalue weighted by atomic mass is 10.3. The molecule has 82 valence electrons. The molecule has 0 unspecified atom stereocenters. The minimum atomic E-state index is -0.503.